The van der Waals surface area contributed by atoms with Crippen molar-refractivity contribution < 1.29 is 27.6 Å². The number of piperidine rings is 1. The SMILES string of the molecule is CC(C)CC(NC(=O)C(CCC(=O)C(N)Cc1ccccc1)Cc1ccccc1)C(=O)NC(CCCCN)C(=O)N1C2CC1CN(S(C)(=O)=O)C2. The largest absolute Gasteiger partial charge is 0.344 e. The van der Waals surface area contributed by atoms with E-state index in [0.29, 0.717) is 45.1 Å². The van der Waals surface area contributed by atoms with E-state index in [-0.39, 0.29) is 61.5 Å². The number of benzene rings is 2. The molecule has 6 N–H and O–H groups in total. The number of ketones is 1. The summed E-state index contributed by atoms with van der Waals surface area (Å²) in [6, 6.07) is 16.2. The molecule has 280 valence electrons. The van der Waals surface area contributed by atoms with Gasteiger partial charge in [-0.25, -0.2) is 8.42 Å². The molecule has 6 unspecified atom stereocenters. The maximum atomic E-state index is 14.0. The third-order valence-electron chi connectivity index (χ3n) is 9.93. The number of piperazine rings is 1. The summed E-state index contributed by atoms with van der Waals surface area (Å²) in [5.74, 6) is -1.70. The van der Waals surface area contributed by atoms with Gasteiger partial charge in [0.25, 0.3) is 0 Å². The molecule has 4 rings (SSSR count). The molecule has 2 aliphatic rings. The summed E-state index contributed by atoms with van der Waals surface area (Å²) in [7, 11) is -3.38. The van der Waals surface area contributed by atoms with E-state index in [0.717, 1.165) is 17.5 Å². The Kier molecular flexibility index (Phi) is 14.7. The Morgan fingerprint density at radius 3 is 1.94 bits per heavy atom. The Balaban J connectivity index is 1.46. The van der Waals surface area contributed by atoms with Crippen molar-refractivity contribution in [3.63, 3.8) is 0 Å². The summed E-state index contributed by atoms with van der Waals surface area (Å²) in [6.45, 7) is 4.83. The van der Waals surface area contributed by atoms with Crippen LogP contribution in [-0.4, -0.2) is 97.2 Å². The maximum Gasteiger partial charge on any atom is 0.245 e. The molecule has 2 aromatic rings. The van der Waals surface area contributed by atoms with Crippen LogP contribution in [0.15, 0.2) is 60.7 Å². The Hall–Kier alpha value is -3.65. The molecule has 2 saturated heterocycles. The molecular weight excluding hydrogens is 669 g/mol. The highest BCUT2D eigenvalue weighted by Crippen LogP contribution is 2.34. The molecule has 12 nitrogen and oxygen atoms in total. The van der Waals surface area contributed by atoms with E-state index in [1.54, 1.807) is 4.90 Å². The maximum absolute atomic E-state index is 14.0. The number of unbranched alkanes of at least 4 members (excludes halogenated alkanes) is 1. The predicted molar refractivity (Wildman–Crippen MR) is 198 cm³/mol. The van der Waals surface area contributed by atoms with Gasteiger partial charge in [0.2, 0.25) is 27.7 Å². The number of fused-ring (bicyclic) bond motifs is 2. The quantitative estimate of drug-likeness (QED) is 0.150. The number of nitrogens with zero attached hydrogens (tertiary/aromatic N) is 2. The zero-order valence-corrected chi connectivity index (χ0v) is 31.0. The number of hydrogen-bond acceptors (Lipinski definition) is 8. The highest BCUT2D eigenvalue weighted by Gasteiger charge is 2.50. The molecule has 2 heterocycles. The van der Waals surface area contributed by atoms with Crippen LogP contribution < -0.4 is 22.1 Å². The second-order valence-corrected chi connectivity index (χ2v) is 16.6. The van der Waals surface area contributed by atoms with Crippen LogP contribution in [0.3, 0.4) is 0 Å². The van der Waals surface area contributed by atoms with Crippen LogP contribution in [0.4, 0.5) is 0 Å². The molecular formula is C38H56N6O6S. The summed E-state index contributed by atoms with van der Waals surface area (Å²) < 4.78 is 25.7. The first kappa shape index (κ1) is 40.1. The molecule has 2 bridgehead atoms. The molecule has 0 aromatic heterocycles. The smallest absolute Gasteiger partial charge is 0.245 e. The van der Waals surface area contributed by atoms with Crippen molar-refractivity contribution in [2.24, 2.45) is 23.3 Å². The summed E-state index contributed by atoms with van der Waals surface area (Å²) >= 11 is 0. The standard InChI is InChI=1S/C38H56N6O6S/c1-26(2)20-34(37(47)41-33(16-10-11-19-39)38(48)44-30-23-31(44)25-43(24-30)51(3,49)50)42-36(46)29(21-27-12-6-4-7-13-27)17-18-35(45)32(40)22-28-14-8-5-9-15-28/h4-9,12-15,26,29-34H,10-11,16-25,39-40H2,1-3H3,(H,41,47)(H,42,46). The van der Waals surface area contributed by atoms with Gasteiger partial charge < -0.3 is 27.0 Å². The second-order valence-electron chi connectivity index (χ2n) is 14.6. The van der Waals surface area contributed by atoms with Gasteiger partial charge in [0, 0.05) is 37.5 Å². The van der Waals surface area contributed by atoms with E-state index in [9.17, 15) is 27.6 Å². The molecule has 13 heteroatoms. The molecule has 6 atom stereocenters. The van der Waals surface area contributed by atoms with Crippen LogP contribution in [0.2, 0.25) is 0 Å². The van der Waals surface area contributed by atoms with Crippen molar-refractivity contribution in [2.75, 3.05) is 25.9 Å². The topological polar surface area (TPSA) is 185 Å². The average Bonchev–Trinajstić information content (AvgIpc) is 3.09. The van der Waals surface area contributed by atoms with Crippen LogP contribution in [-0.2, 0) is 42.0 Å². The van der Waals surface area contributed by atoms with Gasteiger partial charge >= 0.3 is 0 Å². The van der Waals surface area contributed by atoms with Crippen LogP contribution in [0.25, 0.3) is 0 Å². The molecule has 2 aliphatic heterocycles. The number of Topliss-reactive ketones (excluding diaryl/α,β-unsaturated/α-hetero) is 1. The third-order valence-corrected chi connectivity index (χ3v) is 11.2. The van der Waals surface area contributed by atoms with Crippen molar-refractivity contribution in [2.45, 2.75) is 102 Å². The van der Waals surface area contributed by atoms with Gasteiger partial charge in [-0.1, -0.05) is 74.5 Å². The molecule has 0 saturated carbocycles. The molecule has 51 heavy (non-hydrogen) atoms. The fraction of sp³-hybridized carbons (Fsp3) is 0.579. The minimum absolute atomic E-state index is 0.0503. The minimum Gasteiger partial charge on any atom is -0.344 e. The van der Waals surface area contributed by atoms with Crippen LogP contribution >= 0.6 is 0 Å². The van der Waals surface area contributed by atoms with Crippen molar-refractivity contribution in [3.8, 4) is 0 Å². The summed E-state index contributed by atoms with van der Waals surface area (Å²) in [5.41, 5.74) is 13.9. The van der Waals surface area contributed by atoms with Crippen LogP contribution in [0.1, 0.15) is 69.9 Å². The van der Waals surface area contributed by atoms with Gasteiger partial charge in [0.1, 0.15) is 17.9 Å². The Bertz CT molecular complexity index is 1560. The van der Waals surface area contributed by atoms with Gasteiger partial charge in [-0.05, 0) is 75.0 Å². The average molecular weight is 725 g/mol. The third kappa shape index (κ3) is 11.7. The number of rotatable bonds is 20. The highest BCUT2D eigenvalue weighted by atomic mass is 32.2. The number of nitrogens with one attached hydrogen (secondary N) is 2. The molecule has 3 amide bonds. The van der Waals surface area contributed by atoms with Crippen molar-refractivity contribution in [1.29, 1.82) is 0 Å². The monoisotopic (exact) mass is 724 g/mol. The van der Waals surface area contributed by atoms with E-state index < -0.39 is 40.0 Å². The van der Waals surface area contributed by atoms with Gasteiger partial charge in [-0.15, -0.1) is 0 Å². The highest BCUT2D eigenvalue weighted by molar-refractivity contribution is 7.88. The molecule has 0 radical (unpaired) electrons. The summed E-state index contributed by atoms with van der Waals surface area (Å²) in [6.07, 6.45) is 5.08. The summed E-state index contributed by atoms with van der Waals surface area (Å²) in [4.78, 5) is 56.7. The van der Waals surface area contributed by atoms with E-state index in [2.05, 4.69) is 10.6 Å². The number of carbonyl (C=O) groups is 4. The van der Waals surface area contributed by atoms with Gasteiger partial charge in [-0.3, -0.25) is 19.2 Å². The predicted octanol–water partition coefficient (Wildman–Crippen LogP) is 2.15. The van der Waals surface area contributed by atoms with E-state index in [4.69, 9.17) is 11.5 Å². The lowest BCUT2D eigenvalue weighted by molar-refractivity contribution is -0.154. The Morgan fingerprint density at radius 2 is 1.39 bits per heavy atom. The number of hydrogen-bond donors (Lipinski definition) is 4. The number of nitrogens with two attached hydrogens (primary N) is 2. The molecule has 2 fully saturated rings. The van der Waals surface area contributed by atoms with E-state index in [1.807, 2.05) is 74.5 Å². The fourth-order valence-electron chi connectivity index (χ4n) is 7.10. The first-order valence-electron chi connectivity index (χ1n) is 18.2. The fourth-order valence-corrected chi connectivity index (χ4v) is 7.99. The van der Waals surface area contributed by atoms with Gasteiger partial charge in [-0.2, -0.15) is 4.31 Å². The second kappa shape index (κ2) is 18.7. The lowest BCUT2D eigenvalue weighted by atomic mass is 9.87. The number of likely N-dealkylation sites (tertiary alicyclic amines) is 1. The zero-order valence-electron chi connectivity index (χ0n) is 30.2. The molecule has 0 aliphatic carbocycles. The normalized spacial score (nSPS) is 19.8. The lowest BCUT2D eigenvalue weighted by Gasteiger charge is -2.56. The Labute approximate surface area is 303 Å². The van der Waals surface area contributed by atoms with Gasteiger partial charge in [0.15, 0.2) is 0 Å². The lowest BCUT2D eigenvalue weighted by Crippen LogP contribution is -2.72. The number of carbonyl (C=O) groups excluding carboxylic acids is 4. The van der Waals surface area contributed by atoms with E-state index in [1.165, 1.54) is 10.6 Å². The molecule has 2 aromatic carbocycles. The number of sulfonamides is 1. The number of amides is 3. The Morgan fingerprint density at radius 1 is 0.824 bits per heavy atom. The zero-order chi connectivity index (χ0) is 37.1. The van der Waals surface area contributed by atoms with Crippen molar-refractivity contribution >= 4 is 33.5 Å². The van der Waals surface area contributed by atoms with Gasteiger partial charge in [0.05, 0.1) is 12.3 Å². The van der Waals surface area contributed by atoms with E-state index >= 15 is 0 Å². The van der Waals surface area contributed by atoms with Crippen molar-refractivity contribution in [1.82, 2.24) is 19.8 Å². The van der Waals surface area contributed by atoms with Crippen LogP contribution in [0.5, 0.6) is 0 Å². The summed E-state index contributed by atoms with van der Waals surface area (Å²) in [5, 5.41) is 5.94. The molecule has 0 spiro atoms. The minimum atomic E-state index is -3.38. The van der Waals surface area contributed by atoms with Crippen molar-refractivity contribution in [3.05, 3.63) is 71.8 Å². The van der Waals surface area contributed by atoms with Crippen LogP contribution in [0, 0.1) is 11.8 Å². The first-order valence-corrected chi connectivity index (χ1v) is 20.1. The first-order chi connectivity index (χ1) is 24.3.